The molecule has 6 nitrogen and oxygen atoms in total. The molecule has 152 valence electrons. The molecular weight excluding hydrogens is 388 g/mol. The summed E-state index contributed by atoms with van der Waals surface area (Å²) in [6, 6.07) is 7.27. The molecule has 1 aliphatic heterocycles. The molecule has 1 N–H and O–H groups in total. The number of amides is 2. The van der Waals surface area contributed by atoms with Crippen molar-refractivity contribution in [2.75, 3.05) is 19.0 Å². The van der Waals surface area contributed by atoms with Crippen molar-refractivity contribution in [1.29, 1.82) is 0 Å². The summed E-state index contributed by atoms with van der Waals surface area (Å²) in [5, 5.41) is 3.48. The SMILES string of the molecule is COC(=O)c1c(NC(=O)c2ccc(CN3CCCC3=O)cc2)sc2c1CCCC2. The number of likely N-dealkylation sites (tertiary alicyclic amines) is 1. The molecule has 29 heavy (non-hydrogen) atoms. The minimum absolute atomic E-state index is 0.184. The van der Waals surface area contributed by atoms with Gasteiger partial charge in [-0.3, -0.25) is 9.59 Å². The largest absolute Gasteiger partial charge is 0.465 e. The van der Waals surface area contributed by atoms with E-state index in [4.69, 9.17) is 4.74 Å². The van der Waals surface area contributed by atoms with Crippen molar-refractivity contribution in [2.45, 2.75) is 45.1 Å². The molecule has 1 aliphatic carbocycles. The molecule has 2 heterocycles. The minimum atomic E-state index is -0.398. The number of nitrogens with zero attached hydrogens (tertiary/aromatic N) is 1. The normalized spacial score (nSPS) is 15.9. The fourth-order valence-electron chi connectivity index (χ4n) is 4.00. The van der Waals surface area contributed by atoms with Crippen LogP contribution in [0.15, 0.2) is 24.3 Å². The van der Waals surface area contributed by atoms with E-state index in [1.165, 1.54) is 18.4 Å². The van der Waals surface area contributed by atoms with Crippen LogP contribution < -0.4 is 5.32 Å². The summed E-state index contributed by atoms with van der Waals surface area (Å²) < 4.78 is 4.96. The van der Waals surface area contributed by atoms with Crippen molar-refractivity contribution in [3.8, 4) is 0 Å². The lowest BCUT2D eigenvalue weighted by Crippen LogP contribution is -2.23. The average molecular weight is 413 g/mol. The Kier molecular flexibility index (Phi) is 5.67. The molecule has 4 rings (SSSR count). The smallest absolute Gasteiger partial charge is 0.341 e. The number of carbonyl (C=O) groups is 3. The van der Waals surface area contributed by atoms with Gasteiger partial charge in [0.05, 0.1) is 12.7 Å². The van der Waals surface area contributed by atoms with E-state index in [0.717, 1.165) is 54.7 Å². The van der Waals surface area contributed by atoms with E-state index in [0.29, 0.717) is 29.1 Å². The number of fused-ring (bicyclic) bond motifs is 1. The zero-order valence-corrected chi connectivity index (χ0v) is 17.3. The van der Waals surface area contributed by atoms with Crippen LogP contribution in [0.1, 0.15) is 62.4 Å². The lowest BCUT2D eigenvalue weighted by atomic mass is 9.95. The number of aryl methyl sites for hydroxylation is 1. The van der Waals surface area contributed by atoms with E-state index < -0.39 is 5.97 Å². The van der Waals surface area contributed by atoms with Crippen molar-refractivity contribution in [3.63, 3.8) is 0 Å². The molecule has 1 saturated heterocycles. The van der Waals surface area contributed by atoms with Gasteiger partial charge in [-0.05, 0) is 55.4 Å². The molecule has 1 fully saturated rings. The molecule has 7 heteroatoms. The van der Waals surface area contributed by atoms with Gasteiger partial charge >= 0.3 is 5.97 Å². The topological polar surface area (TPSA) is 75.7 Å². The number of rotatable bonds is 5. The van der Waals surface area contributed by atoms with Crippen LogP contribution >= 0.6 is 11.3 Å². The predicted octanol–water partition coefficient (Wildman–Crippen LogP) is 3.79. The highest BCUT2D eigenvalue weighted by Crippen LogP contribution is 2.38. The molecule has 0 spiro atoms. The third-order valence-electron chi connectivity index (χ3n) is 5.55. The van der Waals surface area contributed by atoms with Crippen molar-refractivity contribution in [2.24, 2.45) is 0 Å². The summed E-state index contributed by atoms with van der Waals surface area (Å²) in [6.45, 7) is 1.37. The number of thiophene rings is 1. The summed E-state index contributed by atoms with van der Waals surface area (Å²) in [5.41, 5.74) is 3.04. The molecule has 0 unspecified atom stereocenters. The van der Waals surface area contributed by atoms with E-state index in [9.17, 15) is 14.4 Å². The van der Waals surface area contributed by atoms with Crippen molar-refractivity contribution < 1.29 is 19.1 Å². The molecule has 0 bridgehead atoms. The van der Waals surface area contributed by atoms with Gasteiger partial charge in [0, 0.05) is 30.0 Å². The molecule has 1 aromatic heterocycles. The van der Waals surface area contributed by atoms with E-state index in [2.05, 4.69) is 5.32 Å². The lowest BCUT2D eigenvalue weighted by Gasteiger charge is -2.15. The fourth-order valence-corrected chi connectivity index (χ4v) is 5.27. The highest BCUT2D eigenvalue weighted by atomic mass is 32.1. The van der Waals surface area contributed by atoms with Crippen molar-refractivity contribution >= 4 is 34.1 Å². The third-order valence-corrected chi connectivity index (χ3v) is 6.76. The Morgan fingerprint density at radius 2 is 1.86 bits per heavy atom. The Morgan fingerprint density at radius 3 is 2.55 bits per heavy atom. The first-order chi connectivity index (χ1) is 14.1. The quantitative estimate of drug-likeness (QED) is 0.758. The Morgan fingerprint density at radius 1 is 1.10 bits per heavy atom. The average Bonchev–Trinajstić information content (AvgIpc) is 3.30. The van der Waals surface area contributed by atoms with E-state index >= 15 is 0 Å². The van der Waals surface area contributed by atoms with Crippen molar-refractivity contribution in [3.05, 3.63) is 51.4 Å². The zero-order chi connectivity index (χ0) is 20.4. The first kappa shape index (κ1) is 19.6. The maximum absolute atomic E-state index is 12.8. The molecule has 2 amide bonds. The van der Waals surface area contributed by atoms with Crippen LogP contribution in [0.4, 0.5) is 5.00 Å². The van der Waals surface area contributed by atoms with Gasteiger partial charge in [-0.25, -0.2) is 4.79 Å². The van der Waals surface area contributed by atoms with Gasteiger partial charge in [-0.15, -0.1) is 11.3 Å². The second-order valence-electron chi connectivity index (χ2n) is 7.48. The van der Waals surface area contributed by atoms with Crippen LogP contribution in [-0.4, -0.2) is 36.3 Å². The van der Waals surface area contributed by atoms with E-state index in [-0.39, 0.29) is 11.8 Å². The minimum Gasteiger partial charge on any atom is -0.465 e. The highest BCUT2D eigenvalue weighted by molar-refractivity contribution is 7.17. The standard InChI is InChI=1S/C22H24N2O4S/c1-28-22(27)19-16-5-2-3-6-17(16)29-21(19)23-20(26)15-10-8-14(9-11-15)13-24-12-4-7-18(24)25/h8-11H,2-7,12-13H2,1H3,(H,23,26). The number of anilines is 1. The van der Waals surface area contributed by atoms with Gasteiger partial charge in [-0.2, -0.15) is 0 Å². The van der Waals surface area contributed by atoms with Crippen LogP contribution in [0, 0.1) is 0 Å². The predicted molar refractivity (Wildman–Crippen MR) is 111 cm³/mol. The summed E-state index contributed by atoms with van der Waals surface area (Å²) in [7, 11) is 1.37. The van der Waals surface area contributed by atoms with E-state index in [1.54, 1.807) is 12.1 Å². The summed E-state index contributed by atoms with van der Waals surface area (Å²) in [4.78, 5) is 39.9. The first-order valence-electron chi connectivity index (χ1n) is 9.97. The summed E-state index contributed by atoms with van der Waals surface area (Å²) >= 11 is 1.48. The third kappa shape index (κ3) is 4.05. The monoisotopic (exact) mass is 412 g/mol. The lowest BCUT2D eigenvalue weighted by molar-refractivity contribution is -0.128. The number of ether oxygens (including phenoxy) is 1. The van der Waals surface area contributed by atoms with Gasteiger partial charge < -0.3 is 15.0 Å². The molecule has 0 saturated carbocycles. The van der Waals surface area contributed by atoms with Gasteiger partial charge in [0.15, 0.2) is 0 Å². The van der Waals surface area contributed by atoms with Crippen molar-refractivity contribution in [1.82, 2.24) is 4.90 Å². The highest BCUT2D eigenvalue weighted by Gasteiger charge is 2.27. The zero-order valence-electron chi connectivity index (χ0n) is 16.5. The fraction of sp³-hybridized carbons (Fsp3) is 0.409. The van der Waals surface area contributed by atoms with Gasteiger partial charge in [0.2, 0.25) is 5.91 Å². The summed E-state index contributed by atoms with van der Waals surface area (Å²) in [6.07, 6.45) is 5.45. The molecule has 1 aromatic carbocycles. The first-order valence-corrected chi connectivity index (χ1v) is 10.8. The molecule has 2 aliphatic rings. The Bertz CT molecular complexity index is 948. The second kappa shape index (κ2) is 8.37. The number of esters is 1. The Balaban J connectivity index is 1.50. The van der Waals surface area contributed by atoms with Crippen LogP contribution in [0.2, 0.25) is 0 Å². The van der Waals surface area contributed by atoms with Crippen LogP contribution in [0.5, 0.6) is 0 Å². The number of hydrogen-bond donors (Lipinski definition) is 1. The molecular formula is C22H24N2O4S. The number of hydrogen-bond acceptors (Lipinski definition) is 5. The maximum atomic E-state index is 12.8. The molecule has 0 radical (unpaired) electrons. The number of nitrogens with one attached hydrogen (secondary N) is 1. The van der Waals surface area contributed by atoms with Gasteiger partial charge in [0.1, 0.15) is 5.00 Å². The Labute approximate surface area is 173 Å². The number of methoxy groups -OCH3 is 1. The second-order valence-corrected chi connectivity index (χ2v) is 8.58. The summed E-state index contributed by atoms with van der Waals surface area (Å²) in [5.74, 6) is -0.466. The number of carbonyl (C=O) groups excluding carboxylic acids is 3. The van der Waals surface area contributed by atoms with Crippen LogP contribution in [0.3, 0.4) is 0 Å². The maximum Gasteiger partial charge on any atom is 0.341 e. The molecule has 2 aromatic rings. The number of benzene rings is 1. The van der Waals surface area contributed by atoms with Crippen LogP contribution in [0.25, 0.3) is 0 Å². The van der Waals surface area contributed by atoms with Crippen LogP contribution in [-0.2, 0) is 28.9 Å². The molecule has 0 atom stereocenters. The van der Waals surface area contributed by atoms with E-state index in [1.807, 2.05) is 17.0 Å². The Hall–Kier alpha value is -2.67. The van der Waals surface area contributed by atoms with Gasteiger partial charge in [-0.1, -0.05) is 12.1 Å². The van der Waals surface area contributed by atoms with Gasteiger partial charge in [0.25, 0.3) is 5.91 Å².